The van der Waals surface area contributed by atoms with Gasteiger partial charge in [0.2, 0.25) is 5.91 Å². The molecule has 1 N–H and O–H groups in total. The Labute approximate surface area is 130 Å². The van der Waals surface area contributed by atoms with E-state index >= 15 is 0 Å². The van der Waals surface area contributed by atoms with Crippen molar-refractivity contribution in [2.75, 3.05) is 26.3 Å². The van der Waals surface area contributed by atoms with Crippen molar-refractivity contribution in [3.05, 3.63) is 34.9 Å². The molecule has 1 aromatic carbocycles. The summed E-state index contributed by atoms with van der Waals surface area (Å²) in [6.07, 6.45) is 2.58. The van der Waals surface area contributed by atoms with Crippen molar-refractivity contribution in [1.29, 1.82) is 0 Å². The molecule has 2 aliphatic rings. The van der Waals surface area contributed by atoms with Crippen LogP contribution in [0.4, 0.5) is 0 Å². The van der Waals surface area contributed by atoms with Gasteiger partial charge in [0.15, 0.2) is 0 Å². The molecule has 0 bridgehead atoms. The molecule has 2 fully saturated rings. The summed E-state index contributed by atoms with van der Waals surface area (Å²) in [7, 11) is 0. The van der Waals surface area contributed by atoms with E-state index in [0.29, 0.717) is 13.0 Å². The zero-order valence-electron chi connectivity index (χ0n) is 12.1. The number of halogens is 1. The number of rotatable bonds is 3. The second-order valence-corrected chi connectivity index (χ2v) is 6.17. The third-order valence-corrected chi connectivity index (χ3v) is 4.46. The van der Waals surface area contributed by atoms with Crippen molar-refractivity contribution in [1.82, 2.24) is 10.2 Å². The third-order valence-electron chi connectivity index (χ3n) is 4.23. The Balaban J connectivity index is 1.67. The average Bonchev–Trinajstić information content (AvgIpc) is 2.98. The maximum Gasteiger partial charge on any atom is 0.224 e. The Bertz CT molecular complexity index is 503. The Hall–Kier alpha value is -1.10. The zero-order valence-corrected chi connectivity index (χ0v) is 12.8. The molecule has 0 aromatic heterocycles. The van der Waals surface area contributed by atoms with Crippen molar-refractivity contribution in [2.24, 2.45) is 0 Å². The van der Waals surface area contributed by atoms with E-state index in [1.165, 1.54) is 0 Å². The number of ether oxygens (including phenoxy) is 1. The van der Waals surface area contributed by atoms with Crippen molar-refractivity contribution < 1.29 is 9.53 Å². The summed E-state index contributed by atoms with van der Waals surface area (Å²) in [6.45, 7) is 3.03. The van der Waals surface area contributed by atoms with E-state index in [1.54, 1.807) is 0 Å². The van der Waals surface area contributed by atoms with Crippen molar-refractivity contribution in [2.45, 2.75) is 31.3 Å². The number of hydrogen-bond acceptors (Lipinski definition) is 3. The molecule has 114 valence electrons. The van der Waals surface area contributed by atoms with Gasteiger partial charge < -0.3 is 15.0 Å². The summed E-state index contributed by atoms with van der Waals surface area (Å²) in [5.41, 5.74) is 1.14. The van der Waals surface area contributed by atoms with E-state index in [4.69, 9.17) is 16.3 Å². The molecule has 3 rings (SSSR count). The lowest BCUT2D eigenvalue weighted by Crippen LogP contribution is -2.45. The van der Waals surface area contributed by atoms with Crippen LogP contribution < -0.4 is 5.32 Å². The van der Waals surface area contributed by atoms with Gasteiger partial charge in [-0.3, -0.25) is 4.79 Å². The summed E-state index contributed by atoms with van der Waals surface area (Å²) in [5, 5.41) is 4.07. The Morgan fingerprint density at radius 1 is 1.48 bits per heavy atom. The maximum atomic E-state index is 12.6. The summed E-state index contributed by atoms with van der Waals surface area (Å²) in [6, 6.07) is 8.17. The summed E-state index contributed by atoms with van der Waals surface area (Å²) < 4.78 is 5.42. The molecule has 2 saturated heterocycles. The summed E-state index contributed by atoms with van der Waals surface area (Å²) in [5.74, 6) is 0.209. The van der Waals surface area contributed by atoms with Crippen molar-refractivity contribution in [3.63, 3.8) is 0 Å². The van der Waals surface area contributed by atoms with E-state index in [9.17, 15) is 4.79 Å². The van der Waals surface area contributed by atoms with E-state index in [1.807, 2.05) is 23.1 Å². The van der Waals surface area contributed by atoms with Gasteiger partial charge in [-0.1, -0.05) is 23.7 Å². The first-order chi connectivity index (χ1) is 10.2. The van der Waals surface area contributed by atoms with Crippen molar-refractivity contribution in [3.8, 4) is 0 Å². The summed E-state index contributed by atoms with van der Waals surface area (Å²) in [4.78, 5) is 14.6. The first-order valence-electron chi connectivity index (χ1n) is 7.60. The molecule has 5 heteroatoms. The van der Waals surface area contributed by atoms with Crippen LogP contribution in [0.1, 0.15) is 30.9 Å². The maximum absolute atomic E-state index is 12.6. The minimum Gasteiger partial charge on any atom is -0.378 e. The molecule has 2 aliphatic heterocycles. The minimum atomic E-state index is 0.145. The average molecular weight is 309 g/mol. The fourth-order valence-electron chi connectivity index (χ4n) is 3.20. The largest absolute Gasteiger partial charge is 0.378 e. The van der Waals surface area contributed by atoms with E-state index in [0.717, 1.165) is 43.1 Å². The van der Waals surface area contributed by atoms with Crippen LogP contribution in [0.3, 0.4) is 0 Å². The zero-order chi connectivity index (χ0) is 14.7. The number of morpholine rings is 1. The first-order valence-corrected chi connectivity index (χ1v) is 7.98. The highest BCUT2D eigenvalue weighted by atomic mass is 35.5. The van der Waals surface area contributed by atoms with Crippen LogP contribution in [0, 0.1) is 0 Å². The van der Waals surface area contributed by atoms with Gasteiger partial charge in [-0.2, -0.15) is 0 Å². The van der Waals surface area contributed by atoms with E-state index in [2.05, 4.69) is 11.4 Å². The molecular weight excluding hydrogens is 288 g/mol. The first kappa shape index (κ1) is 14.8. The molecule has 1 amide bonds. The highest BCUT2D eigenvalue weighted by Crippen LogP contribution is 2.33. The van der Waals surface area contributed by atoms with Gasteiger partial charge in [-0.25, -0.2) is 0 Å². The van der Waals surface area contributed by atoms with Crippen LogP contribution in [0.5, 0.6) is 0 Å². The molecule has 2 atom stereocenters. The lowest BCUT2D eigenvalue weighted by atomic mass is 10.0. The second kappa shape index (κ2) is 6.77. The smallest absolute Gasteiger partial charge is 0.224 e. The highest BCUT2D eigenvalue weighted by molar-refractivity contribution is 6.30. The van der Waals surface area contributed by atoms with Gasteiger partial charge in [0.25, 0.3) is 0 Å². The molecule has 0 spiro atoms. The fraction of sp³-hybridized carbons (Fsp3) is 0.562. The normalized spacial score (nSPS) is 26.0. The number of carbonyl (C=O) groups excluding carboxylic acids is 1. The number of hydrogen-bond donors (Lipinski definition) is 1. The second-order valence-electron chi connectivity index (χ2n) is 5.73. The van der Waals surface area contributed by atoms with Crippen molar-refractivity contribution >= 4 is 17.5 Å². The molecule has 0 saturated carbocycles. The predicted octanol–water partition coefficient (Wildman–Crippen LogP) is 2.38. The van der Waals surface area contributed by atoms with E-state index < -0.39 is 0 Å². The lowest BCUT2D eigenvalue weighted by molar-refractivity contribution is -0.133. The van der Waals surface area contributed by atoms with Gasteiger partial charge in [0, 0.05) is 30.6 Å². The molecule has 2 heterocycles. The number of nitrogens with zero attached hydrogens (tertiary/aromatic N) is 1. The van der Waals surface area contributed by atoms with Crippen LogP contribution in [-0.2, 0) is 9.53 Å². The molecule has 4 nitrogen and oxygen atoms in total. The third kappa shape index (κ3) is 3.57. The quantitative estimate of drug-likeness (QED) is 0.932. The van der Waals surface area contributed by atoms with Crippen LogP contribution in [0.2, 0.25) is 5.02 Å². The van der Waals surface area contributed by atoms with E-state index in [-0.39, 0.29) is 18.0 Å². The topological polar surface area (TPSA) is 41.6 Å². The fourth-order valence-corrected chi connectivity index (χ4v) is 3.40. The van der Waals surface area contributed by atoms with Crippen LogP contribution >= 0.6 is 11.6 Å². The molecule has 1 aromatic rings. The molecule has 21 heavy (non-hydrogen) atoms. The Morgan fingerprint density at radius 3 is 3.14 bits per heavy atom. The predicted molar refractivity (Wildman–Crippen MR) is 82.4 cm³/mol. The monoisotopic (exact) mass is 308 g/mol. The molecule has 0 aliphatic carbocycles. The number of amides is 1. The molecule has 2 unspecified atom stereocenters. The van der Waals surface area contributed by atoms with Gasteiger partial charge in [0.1, 0.15) is 0 Å². The van der Waals surface area contributed by atoms with Gasteiger partial charge in [0.05, 0.1) is 19.3 Å². The number of carbonyl (C=O) groups is 1. The highest BCUT2D eigenvalue weighted by Gasteiger charge is 2.31. The SMILES string of the molecule is O=C(CC1COCCN1)N1CCCC1c1cccc(Cl)c1. The van der Waals surface area contributed by atoms with Crippen LogP contribution in [0.25, 0.3) is 0 Å². The van der Waals surface area contributed by atoms with Crippen LogP contribution in [-0.4, -0.2) is 43.2 Å². The Kier molecular flexibility index (Phi) is 4.78. The standard InChI is InChI=1S/C16H21ClN2O2/c17-13-4-1-3-12(9-13)15-5-2-7-19(15)16(20)10-14-11-21-8-6-18-14/h1,3-4,9,14-15,18H,2,5-8,10-11H2. The van der Waals surface area contributed by atoms with Gasteiger partial charge in [-0.15, -0.1) is 0 Å². The lowest BCUT2D eigenvalue weighted by Gasteiger charge is -2.29. The van der Waals surface area contributed by atoms with Gasteiger partial charge >= 0.3 is 0 Å². The molecule has 0 radical (unpaired) electrons. The number of nitrogens with one attached hydrogen (secondary N) is 1. The number of likely N-dealkylation sites (tertiary alicyclic amines) is 1. The number of benzene rings is 1. The van der Waals surface area contributed by atoms with Gasteiger partial charge in [-0.05, 0) is 30.5 Å². The van der Waals surface area contributed by atoms with Crippen LogP contribution in [0.15, 0.2) is 24.3 Å². The Morgan fingerprint density at radius 2 is 2.38 bits per heavy atom. The summed E-state index contributed by atoms with van der Waals surface area (Å²) >= 11 is 6.08. The minimum absolute atomic E-state index is 0.145. The molecular formula is C16H21ClN2O2.